The molecular formula is C59H45N5O. The molecule has 65 heavy (non-hydrogen) atoms. The van der Waals surface area contributed by atoms with Crippen molar-refractivity contribution in [2.24, 2.45) is 9.98 Å². The van der Waals surface area contributed by atoms with Gasteiger partial charge < -0.3 is 14.3 Å². The summed E-state index contributed by atoms with van der Waals surface area (Å²) in [7, 11) is 0. The number of amidine groups is 2. The molecule has 2 N–H and O–H groups in total. The third-order valence-corrected chi connectivity index (χ3v) is 12.3. The number of rotatable bonds is 8. The molecule has 0 bridgehead atoms. The van der Waals surface area contributed by atoms with Crippen molar-refractivity contribution in [3.8, 4) is 5.69 Å². The lowest BCUT2D eigenvalue weighted by molar-refractivity contribution is 0.599. The van der Waals surface area contributed by atoms with Crippen molar-refractivity contribution in [3.63, 3.8) is 0 Å². The lowest BCUT2D eigenvalue weighted by atomic mass is 9.95. The van der Waals surface area contributed by atoms with Crippen LogP contribution < -0.4 is 5.32 Å². The summed E-state index contributed by atoms with van der Waals surface area (Å²) in [6, 6.07) is 54.8. The van der Waals surface area contributed by atoms with E-state index in [1.807, 2.05) is 66.9 Å². The first kappa shape index (κ1) is 39.5. The molecule has 0 spiro atoms. The van der Waals surface area contributed by atoms with Crippen molar-refractivity contribution in [2.45, 2.75) is 25.7 Å². The van der Waals surface area contributed by atoms with Gasteiger partial charge in [-0.3, -0.25) is 5.41 Å². The van der Waals surface area contributed by atoms with Crippen molar-refractivity contribution in [1.29, 1.82) is 5.41 Å². The number of aromatic nitrogens is 1. The second-order valence-electron chi connectivity index (χ2n) is 16.4. The smallest absolute Gasteiger partial charge is 0.161 e. The minimum atomic E-state index is 0.175. The molecule has 6 nitrogen and oxygen atoms in total. The number of furan rings is 1. The average molecular weight is 840 g/mol. The topological polar surface area (TPSA) is 78.7 Å². The van der Waals surface area contributed by atoms with Crippen LogP contribution in [0.2, 0.25) is 0 Å². The summed E-state index contributed by atoms with van der Waals surface area (Å²) >= 11 is 0. The molecule has 0 unspecified atom stereocenters. The number of anilines is 1. The highest BCUT2D eigenvalue weighted by Crippen LogP contribution is 2.44. The summed E-state index contributed by atoms with van der Waals surface area (Å²) in [4.78, 5) is 9.55. The van der Waals surface area contributed by atoms with E-state index in [4.69, 9.17) is 19.8 Å². The first-order valence-corrected chi connectivity index (χ1v) is 22.2. The molecule has 11 rings (SSSR count). The molecule has 6 heteroatoms. The Morgan fingerprint density at radius 1 is 0.708 bits per heavy atom. The lowest BCUT2D eigenvalue weighted by Crippen LogP contribution is -2.06. The van der Waals surface area contributed by atoms with E-state index < -0.39 is 0 Å². The third kappa shape index (κ3) is 7.87. The largest absolute Gasteiger partial charge is 0.455 e. The molecule has 6 aromatic carbocycles. The number of nitrogens with one attached hydrogen (secondary N) is 2. The molecule has 312 valence electrons. The summed E-state index contributed by atoms with van der Waals surface area (Å²) in [6.45, 7) is 0. The van der Waals surface area contributed by atoms with E-state index >= 15 is 0 Å². The van der Waals surface area contributed by atoms with E-state index in [-0.39, 0.29) is 5.84 Å². The number of fused-ring (bicyclic) bond motifs is 6. The number of para-hydroxylation sites is 2. The number of hydrogen-bond acceptors (Lipinski definition) is 3. The van der Waals surface area contributed by atoms with Crippen LogP contribution >= 0.6 is 0 Å². The fourth-order valence-electron chi connectivity index (χ4n) is 9.17. The Bertz CT molecular complexity index is 3370. The minimum Gasteiger partial charge on any atom is -0.455 e. The predicted molar refractivity (Wildman–Crippen MR) is 271 cm³/mol. The Hall–Kier alpha value is -8.35. The zero-order valence-electron chi connectivity index (χ0n) is 35.8. The number of allylic oxidation sites excluding steroid dienone is 6. The summed E-state index contributed by atoms with van der Waals surface area (Å²) in [5, 5.41) is 15.0. The van der Waals surface area contributed by atoms with Gasteiger partial charge in [0.05, 0.1) is 5.52 Å². The van der Waals surface area contributed by atoms with Crippen LogP contribution in [0.15, 0.2) is 220 Å². The fraction of sp³-hybridized carbons (Fsp3) is 0.0678. The van der Waals surface area contributed by atoms with Gasteiger partial charge in [-0.1, -0.05) is 158 Å². The molecule has 2 aromatic heterocycles. The Morgan fingerprint density at radius 3 is 2.31 bits per heavy atom. The predicted octanol–water partition coefficient (Wildman–Crippen LogP) is 14.4. The van der Waals surface area contributed by atoms with Gasteiger partial charge in [0, 0.05) is 74.0 Å². The van der Waals surface area contributed by atoms with Gasteiger partial charge in [-0.25, -0.2) is 9.98 Å². The van der Waals surface area contributed by atoms with E-state index in [0.29, 0.717) is 12.3 Å². The average Bonchev–Trinajstić information content (AvgIpc) is 3.65. The van der Waals surface area contributed by atoms with Gasteiger partial charge in [-0.05, 0) is 90.1 Å². The highest BCUT2D eigenvalue weighted by atomic mass is 16.3. The van der Waals surface area contributed by atoms with Crippen LogP contribution in [-0.2, 0) is 6.42 Å². The van der Waals surface area contributed by atoms with Crippen LogP contribution in [0, 0.1) is 5.41 Å². The molecular weight excluding hydrogens is 795 g/mol. The second-order valence-corrected chi connectivity index (χ2v) is 16.4. The van der Waals surface area contributed by atoms with Crippen molar-refractivity contribution in [1.82, 2.24) is 4.57 Å². The van der Waals surface area contributed by atoms with Gasteiger partial charge in [0.1, 0.15) is 11.3 Å². The van der Waals surface area contributed by atoms with Crippen molar-refractivity contribution < 1.29 is 4.42 Å². The van der Waals surface area contributed by atoms with Gasteiger partial charge in [-0.2, -0.15) is 0 Å². The standard InChI is InChI=1S/C59H45N5O/c60-58(42-20-6-1-2-7-21-42)63-59(43-22-10-4-11-23-43)61-39-40-30-33-46(34-31-40)62-52-38-45(37-51-49-27-15-17-29-55(49)65-57(51)56(52)41-18-8-3-9-19-41)44-32-35-54-50(36-44)48-26-14-16-28-53(48)64(54)47-24-12-5-13-25-47/h1-6,8-15,17-27,29-37,39,60,62H,7,16,28,38H2. The molecule has 0 saturated heterocycles. The van der Waals surface area contributed by atoms with Crippen LogP contribution in [0.3, 0.4) is 0 Å². The van der Waals surface area contributed by atoms with Crippen molar-refractivity contribution in [3.05, 3.63) is 250 Å². The first-order valence-electron chi connectivity index (χ1n) is 22.2. The summed E-state index contributed by atoms with van der Waals surface area (Å²) in [5.41, 5.74) is 16.0. The maximum absolute atomic E-state index is 8.80. The normalized spacial score (nSPS) is 14.9. The maximum atomic E-state index is 8.80. The zero-order chi connectivity index (χ0) is 43.5. The maximum Gasteiger partial charge on any atom is 0.161 e. The van der Waals surface area contributed by atoms with Gasteiger partial charge in [-0.15, -0.1) is 0 Å². The third-order valence-electron chi connectivity index (χ3n) is 12.3. The SMILES string of the molecule is N=C(N=C(N=Cc1ccc(NC2=C(c3ccccc3)c3oc4ccccc4c3C=C(c3ccc4c(c3)c3c(n4-c4ccccc4)CCC=C3)C2)cc1)c1ccccc1)C1=CCC=CC=C1. The number of aliphatic imine (C=N–C) groups is 2. The zero-order valence-corrected chi connectivity index (χ0v) is 35.8. The molecule has 3 aliphatic rings. The van der Waals surface area contributed by atoms with E-state index in [0.717, 1.165) is 80.8 Å². The summed E-state index contributed by atoms with van der Waals surface area (Å²) in [6.07, 6.45) is 22.1. The van der Waals surface area contributed by atoms with E-state index in [2.05, 4.69) is 156 Å². The van der Waals surface area contributed by atoms with Crippen LogP contribution in [0.4, 0.5) is 5.69 Å². The minimum absolute atomic E-state index is 0.175. The van der Waals surface area contributed by atoms with Crippen LogP contribution in [-0.4, -0.2) is 22.5 Å². The Balaban J connectivity index is 0.986. The molecule has 0 fully saturated rings. The van der Waals surface area contributed by atoms with Gasteiger partial charge in [0.25, 0.3) is 0 Å². The first-order chi connectivity index (χ1) is 32.1. The monoisotopic (exact) mass is 839 g/mol. The highest BCUT2D eigenvalue weighted by molar-refractivity contribution is 6.14. The molecule has 2 heterocycles. The molecule has 0 aliphatic heterocycles. The van der Waals surface area contributed by atoms with Gasteiger partial charge >= 0.3 is 0 Å². The molecule has 0 saturated carbocycles. The van der Waals surface area contributed by atoms with Crippen molar-refractivity contribution >= 4 is 68.7 Å². The van der Waals surface area contributed by atoms with Crippen LogP contribution in [0.25, 0.3) is 50.9 Å². The fourth-order valence-corrected chi connectivity index (χ4v) is 9.17. The van der Waals surface area contributed by atoms with E-state index in [1.165, 1.54) is 39.0 Å². The number of nitrogens with zero attached hydrogens (tertiary/aromatic N) is 3. The van der Waals surface area contributed by atoms with Gasteiger partial charge in [0.15, 0.2) is 11.7 Å². The Labute approximate surface area is 378 Å². The van der Waals surface area contributed by atoms with Crippen LogP contribution in [0.5, 0.6) is 0 Å². The van der Waals surface area contributed by atoms with E-state index in [9.17, 15) is 0 Å². The molecule has 0 amide bonds. The number of hydrogen-bond donors (Lipinski definition) is 2. The molecule has 8 aromatic rings. The second kappa shape index (κ2) is 17.4. The quantitative estimate of drug-likeness (QED) is 0.118. The van der Waals surface area contributed by atoms with Crippen molar-refractivity contribution in [2.75, 3.05) is 5.32 Å². The Kier molecular flexibility index (Phi) is 10.6. The summed E-state index contributed by atoms with van der Waals surface area (Å²) in [5.74, 6) is 1.50. The lowest BCUT2D eigenvalue weighted by Gasteiger charge is -2.18. The molecule has 0 atom stereocenters. The van der Waals surface area contributed by atoms with E-state index in [1.54, 1.807) is 0 Å². The van der Waals surface area contributed by atoms with Gasteiger partial charge in [0.2, 0.25) is 0 Å². The summed E-state index contributed by atoms with van der Waals surface area (Å²) < 4.78 is 9.31. The van der Waals surface area contributed by atoms with Crippen LogP contribution in [0.1, 0.15) is 64.1 Å². The molecule has 3 aliphatic carbocycles. The molecule has 0 radical (unpaired) electrons. The number of benzene rings is 6. The Morgan fingerprint density at radius 2 is 1.48 bits per heavy atom. The highest BCUT2D eigenvalue weighted by Gasteiger charge is 2.27.